The maximum atomic E-state index is 13.3. The molecule has 0 radical (unpaired) electrons. The lowest BCUT2D eigenvalue weighted by atomic mass is 9.49. The lowest BCUT2D eigenvalue weighted by Gasteiger charge is -2.63. The molecule has 3 aliphatic rings. The number of nitriles is 1. The van der Waals surface area contributed by atoms with Crippen LogP contribution in [0.15, 0.2) is 60.7 Å². The number of carbonyl (C=O) groups excluding carboxylic acids is 5. The fourth-order valence-electron chi connectivity index (χ4n) is 7.67. The van der Waals surface area contributed by atoms with Crippen LogP contribution in [0.25, 0.3) is 0 Å². The highest BCUT2D eigenvalue weighted by Gasteiger charge is 2.64. The highest BCUT2D eigenvalue weighted by atomic mass is 35.5. The third-order valence-corrected chi connectivity index (χ3v) is 10.4. The van der Waals surface area contributed by atoms with Crippen molar-refractivity contribution >= 4 is 46.8 Å². The Bertz CT molecular complexity index is 2080. The van der Waals surface area contributed by atoms with Crippen molar-refractivity contribution in [2.24, 2.45) is 10.8 Å². The minimum Gasteiger partial charge on any atom is -0.489 e. The molecule has 1 atom stereocenters. The highest BCUT2D eigenvalue weighted by Crippen LogP contribution is 2.55. The highest BCUT2D eigenvalue weighted by molar-refractivity contribution is 6.31. The number of fused-ring (bicyclic) bond motifs is 1. The maximum absolute atomic E-state index is 13.3. The molecule has 1 unspecified atom stereocenters. The number of anilines is 1. The topological polar surface area (TPSA) is 158 Å². The van der Waals surface area contributed by atoms with E-state index in [1.54, 1.807) is 48.5 Å². The molecule has 1 saturated heterocycles. The Labute approximate surface area is 307 Å². The van der Waals surface area contributed by atoms with Gasteiger partial charge < -0.3 is 15.4 Å². The fraction of sp³-hybridized carbons (Fsp3) is 0.350. The number of halogens is 1. The van der Waals surface area contributed by atoms with Crippen LogP contribution in [0, 0.1) is 34.0 Å². The molecular formula is C40H38ClN5O6. The lowest BCUT2D eigenvalue weighted by Crippen LogP contribution is -2.74. The molecule has 6 rings (SSSR count). The molecule has 1 aliphatic carbocycles. The number of hydrogen-bond donors (Lipinski definition) is 3. The van der Waals surface area contributed by atoms with Crippen LogP contribution in [0.2, 0.25) is 5.02 Å². The fourth-order valence-corrected chi connectivity index (χ4v) is 7.88. The molecule has 11 nitrogen and oxygen atoms in total. The van der Waals surface area contributed by atoms with Crippen molar-refractivity contribution in [2.45, 2.75) is 71.6 Å². The third-order valence-electron chi connectivity index (χ3n) is 10.1. The van der Waals surface area contributed by atoms with E-state index in [0.29, 0.717) is 40.6 Å². The Morgan fingerprint density at radius 2 is 1.69 bits per heavy atom. The van der Waals surface area contributed by atoms with Crippen molar-refractivity contribution in [3.8, 4) is 23.7 Å². The van der Waals surface area contributed by atoms with Gasteiger partial charge in [0.2, 0.25) is 11.8 Å². The van der Waals surface area contributed by atoms with E-state index in [0.717, 1.165) is 16.9 Å². The summed E-state index contributed by atoms with van der Waals surface area (Å²) in [5.41, 5.74) is 2.06. The summed E-state index contributed by atoms with van der Waals surface area (Å²) in [4.78, 5) is 64.0. The monoisotopic (exact) mass is 719 g/mol. The number of ether oxygens (including phenoxy) is 1. The third kappa shape index (κ3) is 6.84. The summed E-state index contributed by atoms with van der Waals surface area (Å²) in [6, 6.07) is 17.9. The molecule has 0 bridgehead atoms. The van der Waals surface area contributed by atoms with E-state index in [9.17, 15) is 24.0 Å². The van der Waals surface area contributed by atoms with Gasteiger partial charge in [-0.05, 0) is 67.4 Å². The molecule has 0 spiro atoms. The van der Waals surface area contributed by atoms with Crippen molar-refractivity contribution in [3.05, 3.63) is 93.5 Å². The minimum atomic E-state index is -1.00. The zero-order valence-corrected chi connectivity index (χ0v) is 30.0. The van der Waals surface area contributed by atoms with Gasteiger partial charge in [-0.25, -0.2) is 0 Å². The molecule has 2 fully saturated rings. The number of carbonyl (C=O) groups is 5. The first-order valence-corrected chi connectivity index (χ1v) is 17.5. The second kappa shape index (κ2) is 14.2. The summed E-state index contributed by atoms with van der Waals surface area (Å²) < 4.78 is 6.32. The van der Waals surface area contributed by atoms with Gasteiger partial charge in [-0.2, -0.15) is 5.26 Å². The van der Waals surface area contributed by atoms with E-state index in [1.165, 1.54) is 0 Å². The number of amides is 5. The smallest absolute Gasteiger partial charge is 0.262 e. The molecule has 0 aromatic heterocycles. The van der Waals surface area contributed by atoms with Crippen LogP contribution in [0.4, 0.5) is 5.69 Å². The molecule has 3 aromatic carbocycles. The SMILES string of the molecule is CC1(C)[C@H](NC(=O)c2ccc(C#CCCCNc3ccc4c(c3)C(=O)N(C3CCC(=O)NC3=O)C4=O)cc2)C(C)(C)[C@H]1Oc1ccc(C#N)c(Cl)c1. The predicted molar refractivity (Wildman–Crippen MR) is 194 cm³/mol. The van der Waals surface area contributed by atoms with E-state index in [1.807, 2.05) is 18.2 Å². The van der Waals surface area contributed by atoms with Crippen molar-refractivity contribution in [3.63, 3.8) is 0 Å². The quantitative estimate of drug-likeness (QED) is 0.149. The van der Waals surface area contributed by atoms with Crippen LogP contribution < -0.4 is 20.7 Å². The van der Waals surface area contributed by atoms with E-state index >= 15 is 0 Å². The van der Waals surface area contributed by atoms with Crippen LogP contribution in [0.1, 0.15) is 95.6 Å². The van der Waals surface area contributed by atoms with Crippen molar-refractivity contribution < 1.29 is 28.7 Å². The predicted octanol–water partition coefficient (Wildman–Crippen LogP) is 5.47. The zero-order chi connectivity index (χ0) is 37.4. The van der Waals surface area contributed by atoms with Gasteiger partial charge in [0.1, 0.15) is 24.0 Å². The Kier molecular flexibility index (Phi) is 9.85. The van der Waals surface area contributed by atoms with E-state index in [-0.39, 0.29) is 52.9 Å². The lowest BCUT2D eigenvalue weighted by molar-refractivity contribution is -0.164. The first-order chi connectivity index (χ1) is 24.7. The molecule has 12 heteroatoms. The van der Waals surface area contributed by atoms with Crippen LogP contribution in [0.5, 0.6) is 5.75 Å². The van der Waals surface area contributed by atoms with Crippen molar-refractivity contribution in [2.75, 3.05) is 11.9 Å². The summed E-state index contributed by atoms with van der Waals surface area (Å²) in [6.45, 7) is 8.80. The average Bonchev–Trinajstić information content (AvgIpc) is 3.35. The van der Waals surface area contributed by atoms with Crippen molar-refractivity contribution in [1.82, 2.24) is 15.5 Å². The molecule has 2 aliphatic heterocycles. The normalized spacial score (nSPS) is 21.2. The summed E-state index contributed by atoms with van der Waals surface area (Å²) >= 11 is 6.21. The Morgan fingerprint density at radius 3 is 2.37 bits per heavy atom. The van der Waals surface area contributed by atoms with Crippen LogP contribution in [0.3, 0.4) is 0 Å². The second-order valence-electron chi connectivity index (χ2n) is 14.4. The molecule has 2 heterocycles. The summed E-state index contributed by atoms with van der Waals surface area (Å²) in [5, 5.41) is 18.1. The van der Waals surface area contributed by atoms with Crippen LogP contribution in [-0.4, -0.2) is 59.2 Å². The summed E-state index contributed by atoms with van der Waals surface area (Å²) in [6.07, 6.45) is 1.29. The molecule has 266 valence electrons. The molecule has 3 aromatic rings. The van der Waals surface area contributed by atoms with Gasteiger partial charge in [0, 0.05) is 59.1 Å². The van der Waals surface area contributed by atoms with Crippen LogP contribution in [-0.2, 0) is 9.59 Å². The Hall–Kier alpha value is -5.65. The Morgan fingerprint density at radius 1 is 0.981 bits per heavy atom. The maximum Gasteiger partial charge on any atom is 0.262 e. The van der Waals surface area contributed by atoms with Gasteiger partial charge >= 0.3 is 0 Å². The van der Waals surface area contributed by atoms with Gasteiger partial charge in [-0.3, -0.25) is 34.2 Å². The number of nitrogens with one attached hydrogen (secondary N) is 3. The van der Waals surface area contributed by atoms with Crippen LogP contribution >= 0.6 is 11.6 Å². The number of imide groups is 2. The molecule has 52 heavy (non-hydrogen) atoms. The number of unbranched alkanes of at least 4 members (excludes halogenated alkanes) is 1. The summed E-state index contributed by atoms with van der Waals surface area (Å²) in [7, 11) is 0. The molecular weight excluding hydrogens is 682 g/mol. The van der Waals surface area contributed by atoms with E-state index in [2.05, 4.69) is 55.5 Å². The number of benzene rings is 3. The standard InChI is InChI=1S/C40H38ClN5O6/c1-39(2)37(40(3,4)38(39)52-27-15-13-25(22-42)30(41)21-27)45-33(48)24-11-9-23(10-12-24)8-6-5-7-19-43-26-14-16-28-29(20-26)36(51)46(35(28)50)31-17-18-32(47)44-34(31)49/h9-16,20-21,31,37-38,43H,5,7,17-19H2,1-4H3,(H,45,48)(H,44,47,49)/t31?,37-,38-. The van der Waals surface area contributed by atoms with Gasteiger partial charge in [0.05, 0.1) is 21.7 Å². The van der Waals surface area contributed by atoms with Gasteiger partial charge in [-0.15, -0.1) is 0 Å². The molecule has 1 saturated carbocycles. The Balaban J connectivity index is 0.970. The minimum absolute atomic E-state index is 0.0674. The first-order valence-electron chi connectivity index (χ1n) is 17.1. The zero-order valence-electron chi connectivity index (χ0n) is 29.3. The average molecular weight is 720 g/mol. The number of hydrogen-bond acceptors (Lipinski definition) is 8. The number of piperidine rings is 1. The van der Waals surface area contributed by atoms with E-state index < -0.39 is 29.7 Å². The molecule has 5 amide bonds. The summed E-state index contributed by atoms with van der Waals surface area (Å²) in [5.74, 6) is 4.53. The largest absolute Gasteiger partial charge is 0.489 e. The van der Waals surface area contributed by atoms with Gasteiger partial charge in [-0.1, -0.05) is 51.1 Å². The van der Waals surface area contributed by atoms with Gasteiger partial charge in [0.15, 0.2) is 0 Å². The van der Waals surface area contributed by atoms with E-state index in [4.69, 9.17) is 21.6 Å². The number of nitrogens with zero attached hydrogens (tertiary/aromatic N) is 2. The van der Waals surface area contributed by atoms with Gasteiger partial charge in [0.25, 0.3) is 17.7 Å². The second-order valence-corrected chi connectivity index (χ2v) is 14.8. The molecule has 3 N–H and O–H groups in total. The van der Waals surface area contributed by atoms with Crippen molar-refractivity contribution in [1.29, 1.82) is 5.26 Å². The number of rotatable bonds is 9. The first kappa shape index (κ1) is 36.2.